The predicted molar refractivity (Wildman–Crippen MR) is 50.4 cm³/mol. The standard InChI is InChI=1S/C8H11F3N2S/c1-5(2)3-12-7-13-4-6(14-7)8(9,10)11/h4-5H,3H2,1-2H3,(H,12,13). The van der Waals surface area contributed by atoms with Crippen molar-refractivity contribution < 1.29 is 13.2 Å². The minimum Gasteiger partial charge on any atom is -0.361 e. The maximum absolute atomic E-state index is 12.1. The van der Waals surface area contributed by atoms with Crippen molar-refractivity contribution in [3.63, 3.8) is 0 Å². The molecule has 1 N–H and O–H groups in total. The summed E-state index contributed by atoms with van der Waals surface area (Å²) in [6, 6.07) is 0. The Balaban J connectivity index is 2.60. The molecule has 0 aliphatic carbocycles. The molecule has 1 rings (SSSR count). The van der Waals surface area contributed by atoms with Crippen molar-refractivity contribution in [2.45, 2.75) is 20.0 Å². The first-order valence-corrected chi connectivity index (χ1v) is 4.98. The van der Waals surface area contributed by atoms with E-state index in [0.717, 1.165) is 6.20 Å². The van der Waals surface area contributed by atoms with Crippen LogP contribution in [0.5, 0.6) is 0 Å². The summed E-state index contributed by atoms with van der Waals surface area (Å²) >= 11 is 0.635. The van der Waals surface area contributed by atoms with E-state index in [-0.39, 0.29) is 0 Å². The number of nitrogens with one attached hydrogen (secondary N) is 1. The number of halogens is 3. The van der Waals surface area contributed by atoms with Crippen molar-refractivity contribution in [2.75, 3.05) is 11.9 Å². The highest BCUT2D eigenvalue weighted by Gasteiger charge is 2.33. The fourth-order valence-corrected chi connectivity index (χ4v) is 1.47. The van der Waals surface area contributed by atoms with Gasteiger partial charge in [0.2, 0.25) is 0 Å². The molecule has 0 radical (unpaired) electrons. The summed E-state index contributed by atoms with van der Waals surface area (Å²) in [4.78, 5) is 2.98. The predicted octanol–water partition coefficient (Wildman–Crippen LogP) is 3.23. The zero-order valence-corrected chi connectivity index (χ0v) is 8.67. The number of alkyl halides is 3. The van der Waals surface area contributed by atoms with Crippen molar-refractivity contribution in [2.24, 2.45) is 5.92 Å². The molecule has 0 aromatic carbocycles. The average molecular weight is 224 g/mol. The molecule has 1 heterocycles. The summed E-state index contributed by atoms with van der Waals surface area (Å²) in [7, 11) is 0. The van der Waals surface area contributed by atoms with Crippen molar-refractivity contribution in [1.82, 2.24) is 4.98 Å². The molecule has 0 aliphatic rings. The largest absolute Gasteiger partial charge is 0.427 e. The quantitative estimate of drug-likeness (QED) is 0.852. The van der Waals surface area contributed by atoms with Crippen LogP contribution in [-0.4, -0.2) is 11.5 Å². The Labute approximate surface area is 84.2 Å². The summed E-state index contributed by atoms with van der Waals surface area (Å²) < 4.78 is 36.4. The van der Waals surface area contributed by atoms with E-state index in [2.05, 4.69) is 10.3 Å². The summed E-state index contributed by atoms with van der Waals surface area (Å²) in [5, 5.41) is 3.17. The van der Waals surface area contributed by atoms with Crippen LogP contribution in [0.1, 0.15) is 18.7 Å². The number of nitrogens with zero attached hydrogens (tertiary/aromatic N) is 1. The Bertz CT molecular complexity index is 293. The van der Waals surface area contributed by atoms with E-state index in [1.807, 2.05) is 13.8 Å². The smallest absolute Gasteiger partial charge is 0.361 e. The Morgan fingerprint density at radius 2 is 2.14 bits per heavy atom. The maximum Gasteiger partial charge on any atom is 0.427 e. The number of thiazole rings is 1. The normalized spacial score (nSPS) is 12.1. The van der Waals surface area contributed by atoms with Crippen LogP contribution < -0.4 is 5.32 Å². The molecule has 0 saturated carbocycles. The monoisotopic (exact) mass is 224 g/mol. The SMILES string of the molecule is CC(C)CNc1ncc(C(F)(F)F)s1. The third-order valence-corrected chi connectivity index (χ3v) is 2.45. The molecule has 6 heteroatoms. The molecule has 0 saturated heterocycles. The molecular weight excluding hydrogens is 213 g/mol. The van der Waals surface area contributed by atoms with Crippen molar-refractivity contribution in [1.29, 1.82) is 0 Å². The van der Waals surface area contributed by atoms with Gasteiger partial charge in [-0.25, -0.2) is 4.98 Å². The lowest BCUT2D eigenvalue weighted by Crippen LogP contribution is -2.07. The van der Waals surface area contributed by atoms with E-state index in [1.54, 1.807) is 0 Å². The Kier molecular flexibility index (Phi) is 3.36. The maximum atomic E-state index is 12.1. The second kappa shape index (κ2) is 4.16. The molecule has 0 atom stereocenters. The van der Waals surface area contributed by atoms with Gasteiger partial charge in [0.1, 0.15) is 4.88 Å². The zero-order chi connectivity index (χ0) is 10.8. The van der Waals surface area contributed by atoms with Gasteiger partial charge in [-0.15, -0.1) is 0 Å². The van der Waals surface area contributed by atoms with Crippen molar-refractivity contribution in [3.05, 3.63) is 11.1 Å². The first kappa shape index (κ1) is 11.3. The molecule has 0 spiro atoms. The molecule has 14 heavy (non-hydrogen) atoms. The van der Waals surface area contributed by atoms with Crippen LogP contribution in [0, 0.1) is 5.92 Å². The summed E-state index contributed by atoms with van der Waals surface area (Å²) in [5.41, 5.74) is 0. The van der Waals surface area contributed by atoms with Crippen LogP contribution in [0.2, 0.25) is 0 Å². The third-order valence-electron chi connectivity index (χ3n) is 1.45. The highest BCUT2D eigenvalue weighted by molar-refractivity contribution is 7.15. The van der Waals surface area contributed by atoms with Crippen LogP contribution in [0.3, 0.4) is 0 Å². The highest BCUT2D eigenvalue weighted by atomic mass is 32.1. The fraction of sp³-hybridized carbons (Fsp3) is 0.625. The Morgan fingerprint density at radius 3 is 2.57 bits per heavy atom. The second-order valence-corrected chi connectivity index (χ2v) is 4.33. The van der Waals surface area contributed by atoms with Gasteiger partial charge in [0, 0.05) is 6.54 Å². The van der Waals surface area contributed by atoms with Crippen molar-refractivity contribution in [3.8, 4) is 0 Å². The van der Waals surface area contributed by atoms with Crippen LogP contribution in [0.15, 0.2) is 6.20 Å². The lowest BCUT2D eigenvalue weighted by Gasteiger charge is -2.04. The molecule has 2 nitrogen and oxygen atoms in total. The molecule has 0 fully saturated rings. The van der Waals surface area contributed by atoms with Crippen LogP contribution >= 0.6 is 11.3 Å². The molecule has 0 aliphatic heterocycles. The van der Waals surface area contributed by atoms with Gasteiger partial charge in [0.15, 0.2) is 5.13 Å². The molecular formula is C8H11F3N2S. The second-order valence-electron chi connectivity index (χ2n) is 3.30. The number of rotatable bonds is 3. The van der Waals surface area contributed by atoms with Gasteiger partial charge in [-0.1, -0.05) is 25.2 Å². The first-order chi connectivity index (χ1) is 6.39. The van der Waals surface area contributed by atoms with E-state index in [0.29, 0.717) is 28.9 Å². The molecule has 1 aromatic heterocycles. The molecule has 0 unspecified atom stereocenters. The van der Waals surface area contributed by atoms with Gasteiger partial charge >= 0.3 is 6.18 Å². The summed E-state index contributed by atoms with van der Waals surface area (Å²) in [6.45, 7) is 4.58. The summed E-state index contributed by atoms with van der Waals surface area (Å²) in [5.74, 6) is 0.383. The number of aromatic nitrogens is 1. The Hall–Kier alpha value is -0.780. The van der Waals surface area contributed by atoms with Crippen LogP contribution in [-0.2, 0) is 6.18 Å². The third kappa shape index (κ3) is 3.17. The Morgan fingerprint density at radius 1 is 1.50 bits per heavy atom. The number of anilines is 1. The van der Waals surface area contributed by atoms with Gasteiger partial charge in [0.05, 0.1) is 6.20 Å². The minimum atomic E-state index is -4.28. The molecule has 1 aromatic rings. The van der Waals surface area contributed by atoms with Gasteiger partial charge < -0.3 is 5.32 Å². The van der Waals surface area contributed by atoms with E-state index >= 15 is 0 Å². The summed E-state index contributed by atoms with van der Waals surface area (Å²) in [6.07, 6.45) is -3.43. The van der Waals surface area contributed by atoms with Crippen molar-refractivity contribution >= 4 is 16.5 Å². The van der Waals surface area contributed by atoms with E-state index in [1.165, 1.54) is 0 Å². The van der Waals surface area contributed by atoms with E-state index in [4.69, 9.17) is 0 Å². The molecule has 80 valence electrons. The number of hydrogen-bond donors (Lipinski definition) is 1. The topological polar surface area (TPSA) is 24.9 Å². The number of hydrogen-bond acceptors (Lipinski definition) is 3. The lowest BCUT2D eigenvalue weighted by molar-refractivity contribution is -0.134. The van der Waals surface area contributed by atoms with E-state index < -0.39 is 11.1 Å². The van der Waals surface area contributed by atoms with Gasteiger partial charge in [-0.2, -0.15) is 13.2 Å². The zero-order valence-electron chi connectivity index (χ0n) is 7.85. The van der Waals surface area contributed by atoms with Gasteiger partial charge in [-0.05, 0) is 5.92 Å². The van der Waals surface area contributed by atoms with Gasteiger partial charge in [-0.3, -0.25) is 0 Å². The van der Waals surface area contributed by atoms with Crippen LogP contribution in [0.25, 0.3) is 0 Å². The lowest BCUT2D eigenvalue weighted by atomic mass is 10.2. The first-order valence-electron chi connectivity index (χ1n) is 4.16. The molecule has 0 amide bonds. The van der Waals surface area contributed by atoms with Crippen LogP contribution in [0.4, 0.5) is 18.3 Å². The fourth-order valence-electron chi connectivity index (χ4n) is 0.778. The minimum absolute atomic E-state index is 0.325. The highest BCUT2D eigenvalue weighted by Crippen LogP contribution is 2.34. The molecule has 0 bridgehead atoms. The average Bonchev–Trinajstić information content (AvgIpc) is 2.47. The van der Waals surface area contributed by atoms with E-state index in [9.17, 15) is 13.2 Å². The van der Waals surface area contributed by atoms with Gasteiger partial charge in [0.25, 0.3) is 0 Å².